The lowest BCUT2D eigenvalue weighted by Gasteiger charge is -2.20. The van der Waals surface area contributed by atoms with Crippen LogP contribution in [0.3, 0.4) is 0 Å². The van der Waals surface area contributed by atoms with Crippen LogP contribution in [0.25, 0.3) is 83.0 Å². The van der Waals surface area contributed by atoms with Gasteiger partial charge in [-0.2, -0.15) is 0 Å². The minimum atomic E-state index is -2.38. The number of imidazole rings is 1. The van der Waals surface area contributed by atoms with Crippen LogP contribution in [0.4, 0.5) is 0 Å². The van der Waals surface area contributed by atoms with Gasteiger partial charge in [0.25, 0.3) is 0 Å². The van der Waals surface area contributed by atoms with Crippen molar-refractivity contribution in [2.45, 2.75) is 26.2 Å². The highest BCUT2D eigenvalue weighted by molar-refractivity contribution is 6.12. The van der Waals surface area contributed by atoms with Gasteiger partial charge >= 0.3 is 0 Å². The number of para-hydroxylation sites is 4. The van der Waals surface area contributed by atoms with Crippen LogP contribution < -0.4 is 9.30 Å². The predicted octanol–water partition coefficient (Wildman–Crippen LogP) is 12.6. The Morgan fingerprint density at radius 1 is 0.542 bits per heavy atom. The highest BCUT2D eigenvalue weighted by Crippen LogP contribution is 2.40. The van der Waals surface area contributed by atoms with Crippen molar-refractivity contribution in [2.24, 2.45) is 6.98 Å². The molecule has 11 rings (SSSR count). The van der Waals surface area contributed by atoms with Crippen molar-refractivity contribution in [2.75, 3.05) is 0 Å². The standard InChI is InChI=1S/C53H41N5O/c1-53(2,3)37-27-28-54-52(31-37)58-48-26-22-36(35-21-25-47-44(29-35)42-17-8-9-18-46(42)57(47)38-13-6-5-7-14-38)30-45(48)43-24-23-41(33-51(43)58)59-40-16-12-15-39(32-40)56-34-55(4)49-19-10-11-20-50(49)56/h5-33H,1-4H3/i4D3. The lowest BCUT2D eigenvalue weighted by atomic mass is 9.88. The fraction of sp³-hybridized carbons (Fsp3) is 0.0943. The normalized spacial score (nSPS) is 13.0. The van der Waals surface area contributed by atoms with E-state index in [4.69, 9.17) is 13.8 Å². The second kappa shape index (κ2) is 13.3. The zero-order valence-electron chi connectivity index (χ0n) is 35.9. The molecule has 0 saturated heterocycles. The first-order valence-electron chi connectivity index (χ1n) is 21.4. The summed E-state index contributed by atoms with van der Waals surface area (Å²) in [6.45, 7) is 4.27. The van der Waals surface area contributed by atoms with E-state index in [0.717, 1.165) is 55.6 Å². The fourth-order valence-electron chi connectivity index (χ4n) is 8.57. The number of rotatable bonds is 6. The van der Waals surface area contributed by atoms with Gasteiger partial charge in [-0.25, -0.2) is 4.98 Å². The number of nitrogens with zero attached hydrogens (tertiary/aromatic N) is 5. The predicted molar refractivity (Wildman–Crippen MR) is 240 cm³/mol. The molecule has 0 fully saturated rings. The minimum Gasteiger partial charge on any atom is -0.458 e. The second-order valence-electron chi connectivity index (χ2n) is 16.2. The van der Waals surface area contributed by atoms with Crippen molar-refractivity contribution in [1.82, 2.24) is 18.7 Å². The molecule has 4 heterocycles. The van der Waals surface area contributed by atoms with Crippen LogP contribution in [0.15, 0.2) is 176 Å². The highest BCUT2D eigenvalue weighted by atomic mass is 16.5. The molecule has 0 amide bonds. The van der Waals surface area contributed by atoms with Gasteiger partial charge in [0, 0.05) is 39.5 Å². The molecule has 4 aromatic heterocycles. The number of hydrogen-bond donors (Lipinski definition) is 0. The van der Waals surface area contributed by atoms with Crippen molar-refractivity contribution in [3.8, 4) is 39.8 Å². The van der Waals surface area contributed by atoms with Crippen LogP contribution in [0.5, 0.6) is 11.5 Å². The highest BCUT2D eigenvalue weighted by Gasteiger charge is 2.20. The van der Waals surface area contributed by atoms with E-state index in [1.165, 1.54) is 31.9 Å². The Hall–Kier alpha value is -7.44. The molecule has 0 spiro atoms. The molecule has 0 N–H and O–H groups in total. The van der Waals surface area contributed by atoms with Gasteiger partial charge in [-0.1, -0.05) is 106 Å². The molecule has 0 bridgehead atoms. The third-order valence-electron chi connectivity index (χ3n) is 11.5. The maximum Gasteiger partial charge on any atom is 0.244 e. The molecule has 6 nitrogen and oxygen atoms in total. The molecule has 0 unspecified atom stereocenters. The Labute approximate surface area is 346 Å². The number of aryl methyl sites for hydroxylation is 1. The van der Waals surface area contributed by atoms with Gasteiger partial charge < -0.3 is 18.4 Å². The molecule has 0 radical (unpaired) electrons. The zero-order chi connectivity index (χ0) is 42.3. The Morgan fingerprint density at radius 3 is 1.98 bits per heavy atom. The first-order valence-corrected chi connectivity index (χ1v) is 19.9. The summed E-state index contributed by atoms with van der Waals surface area (Å²) in [7, 11) is 0. The maximum absolute atomic E-state index is 8.11. The first-order chi connectivity index (χ1) is 30.0. The van der Waals surface area contributed by atoms with Crippen LogP contribution in [-0.4, -0.2) is 18.7 Å². The fourth-order valence-corrected chi connectivity index (χ4v) is 8.57. The third-order valence-corrected chi connectivity index (χ3v) is 11.5. The minimum absolute atomic E-state index is 0.0730. The molecule has 11 aromatic rings. The Kier molecular flexibility index (Phi) is 7.14. The summed E-state index contributed by atoms with van der Waals surface area (Å²) in [6.07, 6.45) is 4.96. The van der Waals surface area contributed by atoms with E-state index < -0.39 is 6.98 Å². The molecule has 0 aliphatic rings. The maximum atomic E-state index is 8.11. The van der Waals surface area contributed by atoms with Gasteiger partial charge in [0.2, 0.25) is 6.33 Å². The largest absolute Gasteiger partial charge is 0.458 e. The van der Waals surface area contributed by atoms with Crippen LogP contribution >= 0.6 is 0 Å². The average molecular weight is 767 g/mol. The van der Waals surface area contributed by atoms with Gasteiger partial charge in [0.05, 0.1) is 49.9 Å². The van der Waals surface area contributed by atoms with Crippen molar-refractivity contribution in [3.63, 3.8) is 0 Å². The lowest BCUT2D eigenvalue weighted by molar-refractivity contribution is -0.649. The van der Waals surface area contributed by atoms with Gasteiger partial charge in [-0.05, 0) is 101 Å². The molecule has 59 heavy (non-hydrogen) atoms. The molecule has 0 atom stereocenters. The first kappa shape index (κ1) is 31.6. The molecular weight excluding hydrogens is 723 g/mol. The summed E-state index contributed by atoms with van der Waals surface area (Å²) >= 11 is 0. The molecule has 7 aromatic carbocycles. The van der Waals surface area contributed by atoms with E-state index in [1.807, 2.05) is 54.7 Å². The summed E-state index contributed by atoms with van der Waals surface area (Å²) in [5.74, 6) is 2.09. The molecule has 0 aliphatic carbocycles. The summed E-state index contributed by atoms with van der Waals surface area (Å²) in [5.41, 5.74) is 10.9. The smallest absolute Gasteiger partial charge is 0.244 e. The Morgan fingerprint density at radius 2 is 1.20 bits per heavy atom. The summed E-state index contributed by atoms with van der Waals surface area (Å²) in [4.78, 5) is 4.94. The van der Waals surface area contributed by atoms with E-state index in [0.29, 0.717) is 17.0 Å². The molecule has 6 heteroatoms. The average Bonchev–Trinajstić information content (AvgIpc) is 3.94. The summed E-state index contributed by atoms with van der Waals surface area (Å²) < 4.78 is 38.5. The number of pyridine rings is 1. The van der Waals surface area contributed by atoms with Crippen LogP contribution in [0, 0.1) is 6.33 Å². The van der Waals surface area contributed by atoms with Crippen molar-refractivity contribution in [3.05, 3.63) is 188 Å². The van der Waals surface area contributed by atoms with Crippen LogP contribution in [0.2, 0.25) is 0 Å². The van der Waals surface area contributed by atoms with Gasteiger partial charge in [0.1, 0.15) is 17.3 Å². The van der Waals surface area contributed by atoms with Gasteiger partial charge in [0.15, 0.2) is 0 Å². The Balaban J connectivity index is 1.04. The summed E-state index contributed by atoms with van der Waals surface area (Å²) in [6, 6.07) is 58.2. The zero-order valence-corrected chi connectivity index (χ0v) is 32.9. The molecular formula is C53H41N5O. The Bertz CT molecular complexity index is 3540. The van der Waals surface area contributed by atoms with E-state index in [1.54, 1.807) is 10.6 Å². The number of fused-ring (bicyclic) bond motifs is 7. The monoisotopic (exact) mass is 766 g/mol. The number of ether oxygens (including phenoxy) is 1. The van der Waals surface area contributed by atoms with Crippen LogP contribution in [-0.2, 0) is 12.4 Å². The topological polar surface area (TPSA) is 40.8 Å². The van der Waals surface area contributed by atoms with Crippen LogP contribution in [0.1, 0.15) is 30.4 Å². The lowest BCUT2D eigenvalue weighted by Crippen LogP contribution is -2.26. The SMILES string of the molecule is [2H]C([2H])([2H])[n+]1[c-]n(-c2cccc(Oc3ccc4c5cc(-c6ccc7c(c6)c6ccccc6n7-c6ccccc6)ccc5n(-c5cc(C(C)(C)C)ccn5)c4c3)c2)c2ccccc21. The van der Waals surface area contributed by atoms with Gasteiger partial charge in [-0.3, -0.25) is 4.57 Å². The molecule has 284 valence electrons. The summed E-state index contributed by atoms with van der Waals surface area (Å²) in [5, 5.41) is 4.61. The molecule has 0 aliphatic heterocycles. The second-order valence-corrected chi connectivity index (χ2v) is 16.2. The van der Waals surface area contributed by atoms with Crippen molar-refractivity contribution >= 4 is 54.6 Å². The van der Waals surface area contributed by atoms with E-state index in [2.05, 4.69) is 151 Å². The van der Waals surface area contributed by atoms with E-state index in [-0.39, 0.29) is 5.41 Å². The van der Waals surface area contributed by atoms with E-state index >= 15 is 0 Å². The van der Waals surface area contributed by atoms with Crippen molar-refractivity contribution < 1.29 is 13.4 Å². The quantitative estimate of drug-likeness (QED) is 0.125. The van der Waals surface area contributed by atoms with Crippen molar-refractivity contribution in [1.29, 1.82) is 0 Å². The van der Waals surface area contributed by atoms with Gasteiger partial charge in [-0.15, -0.1) is 0 Å². The number of benzene rings is 7. The number of aromatic nitrogens is 5. The van der Waals surface area contributed by atoms with E-state index in [9.17, 15) is 0 Å². The molecule has 0 saturated carbocycles. The third kappa shape index (κ3) is 5.78. The number of hydrogen-bond acceptors (Lipinski definition) is 2.